The smallest absolute Gasteiger partial charge is 0.335 e. The zero-order chi connectivity index (χ0) is 30.5. The Bertz CT molecular complexity index is 1200. The van der Waals surface area contributed by atoms with Crippen LogP contribution in [0.1, 0.15) is 25.3 Å². The van der Waals surface area contributed by atoms with E-state index in [1.165, 1.54) is 12.1 Å². The lowest BCUT2D eigenvalue weighted by Crippen LogP contribution is -2.59. The molecule has 0 amide bonds. The summed E-state index contributed by atoms with van der Waals surface area (Å²) in [6, 6.07) is 6.08. The number of benzene rings is 1. The molecule has 1 aromatic rings. The molecule has 0 bridgehead atoms. The fourth-order valence-electron chi connectivity index (χ4n) is 6.91. The van der Waals surface area contributed by atoms with E-state index in [2.05, 4.69) is 13.2 Å². The normalized spacial score (nSPS) is 40.6. The first kappa shape index (κ1) is 30.6. The molecule has 0 aromatic heterocycles. The molecule has 2 aliphatic carbocycles. The maximum Gasteiger partial charge on any atom is 0.335 e. The van der Waals surface area contributed by atoms with Gasteiger partial charge in [0.1, 0.15) is 42.4 Å². The number of carbonyl (C=O) groups excluding carboxylic acids is 2. The Labute approximate surface area is 242 Å². The summed E-state index contributed by atoms with van der Waals surface area (Å²) < 4.78 is 23.2. The van der Waals surface area contributed by atoms with E-state index in [9.17, 15) is 40.2 Å². The van der Waals surface area contributed by atoms with E-state index in [-0.39, 0.29) is 41.9 Å². The van der Waals surface area contributed by atoms with Crippen LogP contribution < -0.4 is 0 Å². The van der Waals surface area contributed by atoms with E-state index < -0.39 is 79.6 Å². The number of phenols is 1. The molecule has 42 heavy (non-hydrogen) atoms. The molecule has 6 N–H and O–H groups in total. The molecule has 0 spiro atoms. The molecule has 2 saturated heterocycles. The first-order chi connectivity index (χ1) is 19.9. The zero-order valence-corrected chi connectivity index (χ0v) is 23.2. The topological polar surface area (TPSA) is 192 Å². The van der Waals surface area contributed by atoms with E-state index >= 15 is 0 Å². The first-order valence-corrected chi connectivity index (χ1v) is 14.1. The fourth-order valence-corrected chi connectivity index (χ4v) is 6.91. The number of hydrogen-bond donors (Lipinski definition) is 6. The number of phenolic OH excluding ortho intramolecular Hbond substituents is 1. The van der Waals surface area contributed by atoms with Crippen molar-refractivity contribution in [1.82, 2.24) is 0 Å². The van der Waals surface area contributed by atoms with Gasteiger partial charge < -0.3 is 49.6 Å². The van der Waals surface area contributed by atoms with Gasteiger partial charge in [0.15, 0.2) is 12.4 Å². The van der Waals surface area contributed by atoms with Crippen LogP contribution in [-0.2, 0) is 35.0 Å². The van der Waals surface area contributed by atoms with Crippen molar-refractivity contribution in [3.05, 3.63) is 54.1 Å². The van der Waals surface area contributed by atoms with E-state index in [1.807, 2.05) is 6.92 Å². The highest BCUT2D eigenvalue weighted by Gasteiger charge is 2.59. The minimum Gasteiger partial charge on any atom is -0.508 e. The molecule has 2 saturated carbocycles. The lowest BCUT2D eigenvalue weighted by atomic mass is 9.79. The summed E-state index contributed by atoms with van der Waals surface area (Å²) in [6.45, 7) is 9.48. The number of ether oxygens (including phenoxy) is 4. The summed E-state index contributed by atoms with van der Waals surface area (Å²) in [5.41, 5.74) is 1.51. The number of aromatic hydroxyl groups is 1. The van der Waals surface area contributed by atoms with Gasteiger partial charge in [0.2, 0.25) is 0 Å². The molecule has 4 aliphatic rings. The van der Waals surface area contributed by atoms with Crippen molar-refractivity contribution in [2.24, 2.45) is 23.7 Å². The summed E-state index contributed by atoms with van der Waals surface area (Å²) in [6.07, 6.45) is -10.1. The van der Waals surface area contributed by atoms with Gasteiger partial charge in [0, 0.05) is 24.3 Å². The lowest BCUT2D eigenvalue weighted by molar-refractivity contribution is -0.313. The van der Waals surface area contributed by atoms with E-state index in [0.717, 1.165) is 5.57 Å². The van der Waals surface area contributed by atoms with E-state index in [4.69, 9.17) is 18.9 Å². The van der Waals surface area contributed by atoms with Gasteiger partial charge in [-0.05, 0) is 36.0 Å². The number of aliphatic hydroxyl groups excluding tert-OH is 5. The van der Waals surface area contributed by atoms with Crippen LogP contribution in [0.5, 0.6) is 5.75 Å². The third kappa shape index (κ3) is 5.60. The van der Waals surface area contributed by atoms with Crippen molar-refractivity contribution in [3.63, 3.8) is 0 Å². The third-order valence-electron chi connectivity index (χ3n) is 9.24. The molecule has 2 heterocycles. The van der Waals surface area contributed by atoms with Crippen LogP contribution in [0.2, 0.25) is 0 Å². The van der Waals surface area contributed by atoms with Crippen LogP contribution in [0.25, 0.3) is 0 Å². The predicted molar refractivity (Wildman–Crippen MR) is 143 cm³/mol. The van der Waals surface area contributed by atoms with Gasteiger partial charge in [0.05, 0.1) is 18.6 Å². The molecule has 12 heteroatoms. The number of fused-ring (bicyclic) bond motifs is 3. The van der Waals surface area contributed by atoms with Crippen molar-refractivity contribution >= 4 is 11.9 Å². The van der Waals surface area contributed by atoms with Crippen LogP contribution >= 0.6 is 0 Å². The summed E-state index contributed by atoms with van der Waals surface area (Å²) in [5.74, 6) is -2.92. The second kappa shape index (κ2) is 12.0. The maximum atomic E-state index is 13.0. The van der Waals surface area contributed by atoms with Gasteiger partial charge in [-0.25, -0.2) is 9.59 Å². The molecule has 1 unspecified atom stereocenters. The third-order valence-corrected chi connectivity index (χ3v) is 9.24. The van der Waals surface area contributed by atoms with Crippen molar-refractivity contribution in [1.29, 1.82) is 0 Å². The van der Waals surface area contributed by atoms with Gasteiger partial charge in [-0.15, -0.1) is 0 Å². The molecular weight excluding hydrogens is 552 g/mol. The van der Waals surface area contributed by atoms with Crippen molar-refractivity contribution in [2.45, 2.75) is 81.3 Å². The van der Waals surface area contributed by atoms with E-state index in [0.29, 0.717) is 12.0 Å². The van der Waals surface area contributed by atoms with Gasteiger partial charge in [-0.2, -0.15) is 0 Å². The Morgan fingerprint density at radius 3 is 2.45 bits per heavy atom. The summed E-state index contributed by atoms with van der Waals surface area (Å²) in [7, 11) is 0. The highest BCUT2D eigenvalue weighted by molar-refractivity contribution is 5.91. The molecule has 5 rings (SSSR count). The van der Waals surface area contributed by atoms with Gasteiger partial charge in [-0.3, -0.25) is 0 Å². The highest BCUT2D eigenvalue weighted by Crippen LogP contribution is 2.54. The predicted octanol–water partition coefficient (Wildman–Crippen LogP) is -0.278. The Hall–Kier alpha value is -2.84. The zero-order valence-electron chi connectivity index (χ0n) is 23.2. The molecular formula is C30H38O12. The summed E-state index contributed by atoms with van der Waals surface area (Å²) in [4.78, 5) is 25.7. The second-order valence-corrected chi connectivity index (χ2v) is 11.8. The molecule has 12 nitrogen and oxygen atoms in total. The number of esters is 2. The average Bonchev–Trinajstić information content (AvgIpc) is 3.40. The monoisotopic (exact) mass is 590 g/mol. The average molecular weight is 591 g/mol. The molecule has 4 fully saturated rings. The Balaban J connectivity index is 1.32. The van der Waals surface area contributed by atoms with Crippen molar-refractivity contribution in [3.8, 4) is 5.75 Å². The number of aliphatic hydroxyl groups is 5. The highest BCUT2D eigenvalue weighted by atomic mass is 16.7. The molecule has 2 aliphatic heterocycles. The molecule has 0 radical (unpaired) electrons. The summed E-state index contributed by atoms with van der Waals surface area (Å²) in [5, 5.41) is 60.4. The molecule has 230 valence electrons. The Morgan fingerprint density at radius 2 is 1.79 bits per heavy atom. The number of carbonyl (C=O) groups is 2. The lowest BCUT2D eigenvalue weighted by Gasteiger charge is -2.41. The standard InChI is InChI=1S/C30H38O12/c1-12-8-20(39-29(38)18(33)9-15-4-6-16(32)7-5-15)23-14(3)28(37)42-27(23)22-13(2)19(10-17(12)22)40-30-26(36)25(35)24(34)21(11-31)41-30/h4-7,13,17-27,30-36H,1,3,8-11H2,2H3/t13-,17+,18?,19+,20-,21-,22+,23-,24-,25+,26-,27-,30-/m1/s1. The minimum atomic E-state index is -1.58. The second-order valence-electron chi connectivity index (χ2n) is 11.8. The molecule has 13 atom stereocenters. The van der Waals surface area contributed by atoms with Crippen LogP contribution in [-0.4, -0.2) is 104 Å². The fraction of sp³-hybridized carbons (Fsp3) is 0.600. The number of hydrogen-bond acceptors (Lipinski definition) is 12. The SMILES string of the molecule is C=C1C(=O)O[C@H]2[C@H]1[C@H](OC(=O)C(O)Cc1ccc(O)cc1)CC(=C)[C@@H]1C[C@H](O[C@@H]3O[C@H](CO)[C@@H](O)[C@H](O)[C@H]3O)[C@@H](C)[C@H]21. The largest absolute Gasteiger partial charge is 0.508 e. The first-order valence-electron chi connectivity index (χ1n) is 14.1. The maximum absolute atomic E-state index is 13.0. The minimum absolute atomic E-state index is 0.0312. The van der Waals surface area contributed by atoms with Crippen molar-refractivity contribution in [2.75, 3.05) is 6.61 Å². The van der Waals surface area contributed by atoms with Gasteiger partial charge >= 0.3 is 11.9 Å². The van der Waals surface area contributed by atoms with Gasteiger partial charge in [0.25, 0.3) is 0 Å². The Morgan fingerprint density at radius 1 is 1.10 bits per heavy atom. The Kier molecular flexibility index (Phi) is 8.77. The summed E-state index contributed by atoms with van der Waals surface area (Å²) >= 11 is 0. The number of rotatable bonds is 7. The van der Waals surface area contributed by atoms with Gasteiger partial charge in [-0.1, -0.05) is 37.8 Å². The quantitative estimate of drug-likeness (QED) is 0.139. The van der Waals surface area contributed by atoms with Crippen LogP contribution in [0.15, 0.2) is 48.6 Å². The van der Waals surface area contributed by atoms with E-state index in [1.54, 1.807) is 12.1 Å². The van der Waals surface area contributed by atoms with Crippen LogP contribution in [0, 0.1) is 23.7 Å². The van der Waals surface area contributed by atoms with Crippen LogP contribution in [0.3, 0.4) is 0 Å². The van der Waals surface area contributed by atoms with Crippen molar-refractivity contribution < 1.29 is 59.2 Å². The molecule has 1 aromatic carbocycles. The van der Waals surface area contributed by atoms with Crippen LogP contribution in [0.4, 0.5) is 0 Å².